The van der Waals surface area contributed by atoms with Crippen molar-refractivity contribution < 1.29 is 13.6 Å². The standard InChI is InChI=1S/C17H20FN3O2/c1-2-6-15(22)21-10-5-7-12(11-21)16-19-20-17(23-16)13-8-3-4-9-14(13)18/h3-4,8-9,12H,2,5-7,10-11H2,1H3. The zero-order valence-electron chi connectivity index (χ0n) is 13.2. The van der Waals surface area contributed by atoms with Crippen LogP contribution in [0.5, 0.6) is 0 Å². The second kappa shape index (κ2) is 6.89. The lowest BCUT2D eigenvalue weighted by molar-refractivity contribution is -0.132. The van der Waals surface area contributed by atoms with Gasteiger partial charge in [0.05, 0.1) is 11.5 Å². The minimum absolute atomic E-state index is 0.0255. The van der Waals surface area contributed by atoms with E-state index in [9.17, 15) is 9.18 Å². The minimum Gasteiger partial charge on any atom is -0.420 e. The second-order valence-electron chi connectivity index (χ2n) is 5.85. The summed E-state index contributed by atoms with van der Waals surface area (Å²) < 4.78 is 19.5. The van der Waals surface area contributed by atoms with Gasteiger partial charge in [-0.3, -0.25) is 4.79 Å². The Bertz CT molecular complexity index is 686. The lowest BCUT2D eigenvalue weighted by atomic mass is 9.97. The van der Waals surface area contributed by atoms with Crippen LogP contribution in [-0.4, -0.2) is 34.1 Å². The van der Waals surface area contributed by atoms with Gasteiger partial charge < -0.3 is 9.32 Å². The van der Waals surface area contributed by atoms with Gasteiger partial charge in [-0.15, -0.1) is 10.2 Å². The van der Waals surface area contributed by atoms with Crippen LogP contribution in [0.4, 0.5) is 4.39 Å². The predicted molar refractivity (Wildman–Crippen MR) is 83.2 cm³/mol. The van der Waals surface area contributed by atoms with Crippen LogP contribution in [0.3, 0.4) is 0 Å². The van der Waals surface area contributed by atoms with E-state index in [1.165, 1.54) is 6.07 Å². The molecule has 5 nitrogen and oxygen atoms in total. The third kappa shape index (κ3) is 3.41. The molecule has 0 saturated carbocycles. The highest BCUT2D eigenvalue weighted by atomic mass is 19.1. The quantitative estimate of drug-likeness (QED) is 0.867. The van der Waals surface area contributed by atoms with Gasteiger partial charge in [-0.05, 0) is 31.4 Å². The van der Waals surface area contributed by atoms with Crippen LogP contribution in [0.25, 0.3) is 11.5 Å². The lowest BCUT2D eigenvalue weighted by Gasteiger charge is -2.31. The summed E-state index contributed by atoms with van der Waals surface area (Å²) in [6.07, 6.45) is 3.22. The second-order valence-corrected chi connectivity index (χ2v) is 5.85. The Labute approximate surface area is 134 Å². The summed E-state index contributed by atoms with van der Waals surface area (Å²) in [4.78, 5) is 13.9. The highest BCUT2D eigenvalue weighted by Crippen LogP contribution is 2.29. The number of piperidine rings is 1. The average Bonchev–Trinajstić information content (AvgIpc) is 3.05. The molecule has 1 aromatic heterocycles. The maximum Gasteiger partial charge on any atom is 0.250 e. The SMILES string of the molecule is CCCC(=O)N1CCCC(c2nnc(-c3ccccc3F)o2)C1. The molecule has 0 spiro atoms. The molecule has 23 heavy (non-hydrogen) atoms. The van der Waals surface area contributed by atoms with Crippen LogP contribution in [0.1, 0.15) is 44.4 Å². The summed E-state index contributed by atoms with van der Waals surface area (Å²) >= 11 is 0. The van der Waals surface area contributed by atoms with Gasteiger partial charge in [0.1, 0.15) is 5.82 Å². The van der Waals surface area contributed by atoms with Crippen LogP contribution in [0, 0.1) is 5.82 Å². The number of amides is 1. The first-order valence-electron chi connectivity index (χ1n) is 8.05. The van der Waals surface area contributed by atoms with Gasteiger partial charge in [0.25, 0.3) is 5.89 Å². The monoisotopic (exact) mass is 317 g/mol. The number of hydrogen-bond donors (Lipinski definition) is 0. The van der Waals surface area contributed by atoms with Gasteiger partial charge in [0.15, 0.2) is 0 Å². The molecular weight excluding hydrogens is 297 g/mol. The Hall–Kier alpha value is -2.24. The smallest absolute Gasteiger partial charge is 0.250 e. The van der Waals surface area contributed by atoms with Crippen molar-refractivity contribution in [2.24, 2.45) is 0 Å². The zero-order valence-corrected chi connectivity index (χ0v) is 13.2. The molecule has 1 saturated heterocycles. The fraction of sp³-hybridized carbons (Fsp3) is 0.471. The molecule has 2 aromatic rings. The van der Waals surface area contributed by atoms with E-state index >= 15 is 0 Å². The van der Waals surface area contributed by atoms with Crippen molar-refractivity contribution in [3.63, 3.8) is 0 Å². The van der Waals surface area contributed by atoms with Gasteiger partial charge in [0.2, 0.25) is 11.8 Å². The Morgan fingerprint density at radius 3 is 3.00 bits per heavy atom. The molecule has 1 fully saturated rings. The highest BCUT2D eigenvalue weighted by molar-refractivity contribution is 5.76. The number of aromatic nitrogens is 2. The average molecular weight is 317 g/mol. The molecule has 122 valence electrons. The van der Waals surface area contributed by atoms with E-state index in [1.807, 2.05) is 11.8 Å². The van der Waals surface area contributed by atoms with Gasteiger partial charge in [-0.1, -0.05) is 19.1 Å². The Morgan fingerprint density at radius 2 is 2.22 bits per heavy atom. The summed E-state index contributed by atoms with van der Waals surface area (Å²) in [5.74, 6) is 0.488. The van der Waals surface area contributed by atoms with Crippen LogP contribution in [0.15, 0.2) is 28.7 Å². The predicted octanol–water partition coefficient (Wildman–Crippen LogP) is 3.38. The molecular formula is C17H20FN3O2. The first-order valence-corrected chi connectivity index (χ1v) is 8.05. The zero-order chi connectivity index (χ0) is 16.2. The van der Waals surface area contributed by atoms with Crippen LogP contribution >= 0.6 is 0 Å². The Balaban J connectivity index is 1.75. The number of hydrogen-bond acceptors (Lipinski definition) is 4. The molecule has 1 aromatic carbocycles. The van der Waals surface area contributed by atoms with Crippen molar-refractivity contribution in [1.29, 1.82) is 0 Å². The van der Waals surface area contributed by atoms with Crippen molar-refractivity contribution in [1.82, 2.24) is 15.1 Å². The van der Waals surface area contributed by atoms with E-state index < -0.39 is 0 Å². The molecule has 0 bridgehead atoms. The molecule has 6 heteroatoms. The maximum atomic E-state index is 13.8. The number of rotatable bonds is 4. The minimum atomic E-state index is -0.383. The number of nitrogens with zero attached hydrogens (tertiary/aromatic N) is 3. The van der Waals surface area contributed by atoms with Crippen molar-refractivity contribution in [2.75, 3.05) is 13.1 Å². The molecule has 1 unspecified atom stereocenters. The molecule has 1 aliphatic rings. The Morgan fingerprint density at radius 1 is 1.39 bits per heavy atom. The van der Waals surface area contributed by atoms with Gasteiger partial charge in [-0.2, -0.15) is 0 Å². The van der Waals surface area contributed by atoms with E-state index in [0.29, 0.717) is 24.4 Å². The number of carbonyl (C=O) groups is 1. The molecule has 2 heterocycles. The van der Waals surface area contributed by atoms with E-state index in [-0.39, 0.29) is 23.5 Å². The van der Waals surface area contributed by atoms with Crippen molar-refractivity contribution in [3.8, 4) is 11.5 Å². The molecule has 0 N–H and O–H groups in total. The van der Waals surface area contributed by atoms with E-state index in [0.717, 1.165) is 25.8 Å². The summed E-state index contributed by atoms with van der Waals surface area (Å²) in [6, 6.07) is 6.33. The first-order chi connectivity index (χ1) is 11.2. The van der Waals surface area contributed by atoms with Crippen LogP contribution in [0.2, 0.25) is 0 Å². The molecule has 1 amide bonds. The van der Waals surface area contributed by atoms with E-state index in [1.54, 1.807) is 18.2 Å². The fourth-order valence-electron chi connectivity index (χ4n) is 2.92. The number of benzene rings is 1. The third-order valence-electron chi connectivity index (χ3n) is 4.13. The van der Waals surface area contributed by atoms with Crippen molar-refractivity contribution in [3.05, 3.63) is 36.0 Å². The van der Waals surface area contributed by atoms with E-state index in [2.05, 4.69) is 10.2 Å². The first kappa shape index (κ1) is 15.6. The fourth-order valence-corrected chi connectivity index (χ4v) is 2.92. The lowest BCUT2D eigenvalue weighted by Crippen LogP contribution is -2.39. The van der Waals surface area contributed by atoms with E-state index in [4.69, 9.17) is 4.42 Å². The molecule has 1 aliphatic heterocycles. The number of carbonyl (C=O) groups excluding carboxylic acids is 1. The third-order valence-corrected chi connectivity index (χ3v) is 4.13. The maximum absolute atomic E-state index is 13.8. The summed E-state index contributed by atoms with van der Waals surface area (Å²) in [6.45, 7) is 3.37. The van der Waals surface area contributed by atoms with Gasteiger partial charge >= 0.3 is 0 Å². The molecule has 0 aliphatic carbocycles. The van der Waals surface area contributed by atoms with Gasteiger partial charge in [0, 0.05) is 19.5 Å². The number of likely N-dealkylation sites (tertiary alicyclic amines) is 1. The highest BCUT2D eigenvalue weighted by Gasteiger charge is 2.28. The number of halogens is 1. The van der Waals surface area contributed by atoms with Crippen LogP contribution < -0.4 is 0 Å². The summed E-state index contributed by atoms with van der Waals surface area (Å²) in [5, 5.41) is 8.04. The van der Waals surface area contributed by atoms with Crippen LogP contribution in [-0.2, 0) is 4.79 Å². The summed E-state index contributed by atoms with van der Waals surface area (Å²) in [7, 11) is 0. The summed E-state index contributed by atoms with van der Waals surface area (Å²) in [5.41, 5.74) is 0.306. The molecule has 1 atom stereocenters. The molecule has 3 rings (SSSR count). The molecule has 0 radical (unpaired) electrons. The van der Waals surface area contributed by atoms with Crippen molar-refractivity contribution in [2.45, 2.75) is 38.5 Å². The Kier molecular flexibility index (Phi) is 4.69. The van der Waals surface area contributed by atoms with Crippen molar-refractivity contribution >= 4 is 5.91 Å². The topological polar surface area (TPSA) is 59.2 Å². The largest absolute Gasteiger partial charge is 0.420 e. The van der Waals surface area contributed by atoms with Gasteiger partial charge in [-0.25, -0.2) is 4.39 Å². The normalized spacial score (nSPS) is 18.2.